The Labute approximate surface area is 106 Å². The minimum atomic E-state index is -4.35. The van der Waals surface area contributed by atoms with Crippen LogP contribution in [0.1, 0.15) is 63.1 Å². The van der Waals surface area contributed by atoms with Crippen molar-refractivity contribution >= 4 is 0 Å². The molecule has 1 nitrogen and oxygen atoms in total. The summed E-state index contributed by atoms with van der Waals surface area (Å²) < 4.78 is 37.6. The summed E-state index contributed by atoms with van der Waals surface area (Å²) in [5, 5.41) is 0. The van der Waals surface area contributed by atoms with E-state index >= 15 is 0 Å². The second-order valence-corrected chi connectivity index (χ2v) is 4.72. The Bertz CT molecular complexity index is 360. The van der Waals surface area contributed by atoms with Gasteiger partial charge in [0.25, 0.3) is 0 Å². The van der Waals surface area contributed by atoms with Gasteiger partial charge >= 0.3 is 6.18 Å². The number of nitrogens with zero attached hydrogens (tertiary/aromatic N) is 1. The lowest BCUT2D eigenvalue weighted by Crippen LogP contribution is -2.09. The topological polar surface area (TPSA) is 12.9 Å². The minimum absolute atomic E-state index is 0.158. The van der Waals surface area contributed by atoms with Crippen molar-refractivity contribution in [2.24, 2.45) is 0 Å². The van der Waals surface area contributed by atoms with E-state index in [2.05, 4.69) is 11.9 Å². The summed E-state index contributed by atoms with van der Waals surface area (Å²) >= 11 is 0. The predicted octanol–water partition coefficient (Wildman–Crippen LogP) is 5.17. The molecule has 0 fully saturated rings. The maximum Gasteiger partial charge on any atom is 0.433 e. The number of pyridine rings is 1. The molecule has 0 saturated heterocycles. The highest BCUT2D eigenvalue weighted by molar-refractivity contribution is 5.21. The zero-order chi connectivity index (χ0) is 13.6. The van der Waals surface area contributed by atoms with Crippen LogP contribution in [0.15, 0.2) is 18.3 Å². The molecular weight excluding hydrogens is 239 g/mol. The van der Waals surface area contributed by atoms with E-state index in [1.807, 2.05) is 6.92 Å². The molecule has 0 aliphatic carbocycles. The maximum atomic E-state index is 12.5. The first-order chi connectivity index (χ1) is 8.45. The van der Waals surface area contributed by atoms with Crippen LogP contribution in [-0.4, -0.2) is 4.98 Å². The van der Waals surface area contributed by atoms with Crippen molar-refractivity contribution in [1.29, 1.82) is 0 Å². The van der Waals surface area contributed by atoms with Gasteiger partial charge in [-0.2, -0.15) is 13.2 Å². The van der Waals surface area contributed by atoms with Gasteiger partial charge in [0.15, 0.2) is 0 Å². The van der Waals surface area contributed by atoms with Crippen molar-refractivity contribution < 1.29 is 13.2 Å². The fourth-order valence-electron chi connectivity index (χ4n) is 1.95. The van der Waals surface area contributed by atoms with E-state index < -0.39 is 11.9 Å². The van der Waals surface area contributed by atoms with Crippen LogP contribution in [-0.2, 0) is 6.18 Å². The Morgan fingerprint density at radius 2 is 1.94 bits per heavy atom. The van der Waals surface area contributed by atoms with Crippen molar-refractivity contribution in [2.45, 2.75) is 58.0 Å². The molecule has 1 unspecified atom stereocenters. The van der Waals surface area contributed by atoms with Crippen molar-refractivity contribution in [2.75, 3.05) is 0 Å². The SMILES string of the molecule is CCCCCCC(C)c1ccnc(C(F)(F)F)c1. The average Bonchev–Trinajstić information content (AvgIpc) is 2.33. The molecule has 0 amide bonds. The third kappa shape index (κ3) is 4.67. The third-order valence-corrected chi connectivity index (χ3v) is 3.13. The van der Waals surface area contributed by atoms with Gasteiger partial charge in [0, 0.05) is 6.20 Å². The lowest BCUT2D eigenvalue weighted by Gasteiger charge is -2.13. The van der Waals surface area contributed by atoms with Gasteiger partial charge in [-0.05, 0) is 30.0 Å². The number of aromatic nitrogens is 1. The summed E-state index contributed by atoms with van der Waals surface area (Å²) in [6, 6.07) is 2.85. The molecule has 1 rings (SSSR count). The molecule has 18 heavy (non-hydrogen) atoms. The van der Waals surface area contributed by atoms with Crippen LogP contribution in [0.3, 0.4) is 0 Å². The third-order valence-electron chi connectivity index (χ3n) is 3.13. The Hall–Kier alpha value is -1.06. The number of alkyl halides is 3. The molecular formula is C14H20F3N. The molecule has 1 atom stereocenters. The molecule has 0 bridgehead atoms. The van der Waals surface area contributed by atoms with Crippen molar-refractivity contribution in [1.82, 2.24) is 4.98 Å². The van der Waals surface area contributed by atoms with Crippen LogP contribution < -0.4 is 0 Å². The van der Waals surface area contributed by atoms with E-state index in [1.165, 1.54) is 25.1 Å². The standard InChI is InChI=1S/C14H20F3N/c1-3-4-5-6-7-11(2)12-8-9-18-13(10-12)14(15,16)17/h8-11H,3-7H2,1-2H3. The Morgan fingerprint density at radius 1 is 1.22 bits per heavy atom. The molecule has 102 valence electrons. The Balaban J connectivity index is 2.60. The van der Waals surface area contributed by atoms with Crippen LogP contribution >= 0.6 is 0 Å². The first-order valence-electron chi connectivity index (χ1n) is 6.48. The van der Waals surface area contributed by atoms with E-state index in [0.29, 0.717) is 0 Å². The van der Waals surface area contributed by atoms with Gasteiger partial charge in [0.05, 0.1) is 0 Å². The molecule has 4 heteroatoms. The molecule has 0 N–H and O–H groups in total. The van der Waals surface area contributed by atoms with E-state index in [9.17, 15) is 13.2 Å². The van der Waals surface area contributed by atoms with Crippen molar-refractivity contribution in [3.05, 3.63) is 29.6 Å². The van der Waals surface area contributed by atoms with Gasteiger partial charge < -0.3 is 0 Å². The number of halogens is 3. The Morgan fingerprint density at radius 3 is 2.56 bits per heavy atom. The molecule has 0 aromatic carbocycles. The van der Waals surface area contributed by atoms with Gasteiger partial charge in [0.1, 0.15) is 5.69 Å². The van der Waals surface area contributed by atoms with Gasteiger partial charge in [-0.3, -0.25) is 4.98 Å². The predicted molar refractivity (Wildman–Crippen MR) is 66.4 cm³/mol. The summed E-state index contributed by atoms with van der Waals surface area (Å²) in [6.07, 6.45) is 2.41. The van der Waals surface area contributed by atoms with Crippen LogP contribution in [0, 0.1) is 0 Å². The number of hydrogen-bond acceptors (Lipinski definition) is 1. The lowest BCUT2D eigenvalue weighted by atomic mass is 9.95. The van der Waals surface area contributed by atoms with Crippen LogP contribution in [0.25, 0.3) is 0 Å². The largest absolute Gasteiger partial charge is 0.433 e. The fourth-order valence-corrected chi connectivity index (χ4v) is 1.95. The van der Waals surface area contributed by atoms with E-state index in [-0.39, 0.29) is 5.92 Å². The molecule has 1 aromatic rings. The molecule has 0 radical (unpaired) electrons. The summed E-state index contributed by atoms with van der Waals surface area (Å²) in [7, 11) is 0. The number of unbranched alkanes of at least 4 members (excludes halogenated alkanes) is 3. The smallest absolute Gasteiger partial charge is 0.252 e. The van der Waals surface area contributed by atoms with E-state index in [1.54, 1.807) is 6.07 Å². The normalized spacial score (nSPS) is 13.6. The quantitative estimate of drug-likeness (QED) is 0.642. The average molecular weight is 259 g/mol. The van der Waals surface area contributed by atoms with Crippen molar-refractivity contribution in [3.8, 4) is 0 Å². The summed E-state index contributed by atoms with van der Waals surface area (Å²) in [6.45, 7) is 4.11. The Kier molecular flexibility index (Phi) is 5.63. The van der Waals surface area contributed by atoms with Crippen molar-refractivity contribution in [3.63, 3.8) is 0 Å². The minimum Gasteiger partial charge on any atom is -0.252 e. The zero-order valence-corrected chi connectivity index (χ0v) is 10.9. The fraction of sp³-hybridized carbons (Fsp3) is 0.643. The summed E-state index contributed by atoms with van der Waals surface area (Å²) in [5.74, 6) is 0.158. The van der Waals surface area contributed by atoms with Crippen LogP contribution in [0.2, 0.25) is 0 Å². The lowest BCUT2D eigenvalue weighted by molar-refractivity contribution is -0.141. The summed E-state index contributed by atoms with van der Waals surface area (Å²) in [4.78, 5) is 3.38. The van der Waals surface area contributed by atoms with Gasteiger partial charge in [-0.1, -0.05) is 39.5 Å². The second-order valence-electron chi connectivity index (χ2n) is 4.72. The van der Waals surface area contributed by atoms with Gasteiger partial charge in [0.2, 0.25) is 0 Å². The molecule has 0 aliphatic heterocycles. The van der Waals surface area contributed by atoms with E-state index in [4.69, 9.17) is 0 Å². The maximum absolute atomic E-state index is 12.5. The molecule has 1 heterocycles. The monoisotopic (exact) mass is 259 g/mol. The molecule has 0 saturated carbocycles. The number of rotatable bonds is 6. The summed E-state index contributed by atoms with van der Waals surface area (Å²) in [5.41, 5.74) is -0.0609. The first kappa shape index (κ1) is 15.0. The second kappa shape index (κ2) is 6.76. The van der Waals surface area contributed by atoms with E-state index in [0.717, 1.165) is 24.8 Å². The van der Waals surface area contributed by atoms with Crippen LogP contribution in [0.5, 0.6) is 0 Å². The first-order valence-corrected chi connectivity index (χ1v) is 6.48. The van der Waals surface area contributed by atoms with Gasteiger partial charge in [-0.25, -0.2) is 0 Å². The highest BCUT2D eigenvalue weighted by atomic mass is 19.4. The molecule has 0 aliphatic rings. The van der Waals surface area contributed by atoms with Crippen LogP contribution in [0.4, 0.5) is 13.2 Å². The zero-order valence-electron chi connectivity index (χ0n) is 10.9. The number of hydrogen-bond donors (Lipinski definition) is 0. The highest BCUT2D eigenvalue weighted by Gasteiger charge is 2.32. The molecule has 0 spiro atoms. The van der Waals surface area contributed by atoms with Gasteiger partial charge in [-0.15, -0.1) is 0 Å². The highest BCUT2D eigenvalue weighted by Crippen LogP contribution is 2.30. The molecule has 1 aromatic heterocycles.